The van der Waals surface area contributed by atoms with Crippen LogP contribution in [0.1, 0.15) is 34.1 Å². The molecule has 0 aromatic carbocycles. The molecule has 0 aliphatic rings. The molecule has 0 bridgehead atoms. The lowest BCUT2D eigenvalue weighted by atomic mass is 10.1. The molecule has 2 heteroatoms. The minimum Gasteiger partial charge on any atom is -0.329 e. The van der Waals surface area contributed by atoms with Gasteiger partial charge in [0.1, 0.15) is 0 Å². The standard InChI is InChI=1S/C10H24N2/c1-5-10(4)12(7-6-11)8-9(2)3/h9-10H,5-8,11H2,1-4H3. The molecule has 0 spiro atoms. The molecule has 0 aromatic rings. The Bertz CT molecular complexity index is 102. The van der Waals surface area contributed by atoms with Crippen LogP contribution in [-0.4, -0.2) is 30.6 Å². The zero-order chi connectivity index (χ0) is 9.56. The van der Waals surface area contributed by atoms with Gasteiger partial charge in [-0.05, 0) is 19.3 Å². The first-order valence-corrected chi connectivity index (χ1v) is 5.05. The Hall–Kier alpha value is -0.0800. The van der Waals surface area contributed by atoms with Crippen LogP contribution in [0, 0.1) is 5.92 Å². The predicted octanol–water partition coefficient (Wildman–Crippen LogP) is 1.70. The van der Waals surface area contributed by atoms with Crippen molar-refractivity contribution in [3.63, 3.8) is 0 Å². The monoisotopic (exact) mass is 172 g/mol. The summed E-state index contributed by atoms with van der Waals surface area (Å²) in [6.45, 7) is 12.0. The van der Waals surface area contributed by atoms with E-state index in [1.807, 2.05) is 0 Å². The highest BCUT2D eigenvalue weighted by Gasteiger charge is 2.11. The van der Waals surface area contributed by atoms with E-state index >= 15 is 0 Å². The van der Waals surface area contributed by atoms with Crippen molar-refractivity contribution in [3.05, 3.63) is 0 Å². The predicted molar refractivity (Wildman–Crippen MR) is 55.2 cm³/mol. The van der Waals surface area contributed by atoms with Crippen LogP contribution in [-0.2, 0) is 0 Å². The third-order valence-corrected chi connectivity index (χ3v) is 2.23. The molecule has 0 heterocycles. The van der Waals surface area contributed by atoms with Gasteiger partial charge in [-0.25, -0.2) is 0 Å². The van der Waals surface area contributed by atoms with E-state index in [9.17, 15) is 0 Å². The average Bonchev–Trinajstić information content (AvgIpc) is 2.01. The summed E-state index contributed by atoms with van der Waals surface area (Å²) in [6, 6.07) is 0.677. The molecule has 0 saturated heterocycles. The minimum atomic E-state index is 0.677. The molecule has 0 aromatic heterocycles. The minimum absolute atomic E-state index is 0.677. The molecular weight excluding hydrogens is 148 g/mol. The Labute approximate surface area is 77.1 Å². The summed E-state index contributed by atoms with van der Waals surface area (Å²) in [5.74, 6) is 0.741. The Morgan fingerprint density at radius 1 is 1.25 bits per heavy atom. The first-order valence-electron chi connectivity index (χ1n) is 5.05. The lowest BCUT2D eigenvalue weighted by Gasteiger charge is -2.29. The van der Waals surface area contributed by atoms with E-state index in [0.717, 1.165) is 19.0 Å². The topological polar surface area (TPSA) is 29.3 Å². The van der Waals surface area contributed by atoms with E-state index in [-0.39, 0.29) is 0 Å². The third kappa shape index (κ3) is 4.73. The van der Waals surface area contributed by atoms with Crippen LogP contribution < -0.4 is 5.73 Å². The zero-order valence-electron chi connectivity index (χ0n) is 9.01. The zero-order valence-corrected chi connectivity index (χ0v) is 9.01. The van der Waals surface area contributed by atoms with E-state index in [4.69, 9.17) is 5.73 Å². The van der Waals surface area contributed by atoms with Gasteiger partial charge in [-0.2, -0.15) is 0 Å². The van der Waals surface area contributed by atoms with E-state index in [2.05, 4.69) is 32.6 Å². The van der Waals surface area contributed by atoms with Crippen LogP contribution in [0.4, 0.5) is 0 Å². The molecule has 0 aliphatic carbocycles. The van der Waals surface area contributed by atoms with Crippen LogP contribution >= 0.6 is 0 Å². The van der Waals surface area contributed by atoms with Gasteiger partial charge in [-0.1, -0.05) is 20.8 Å². The molecule has 2 nitrogen and oxygen atoms in total. The van der Waals surface area contributed by atoms with Crippen molar-refractivity contribution in [3.8, 4) is 0 Å². The fourth-order valence-electron chi connectivity index (χ4n) is 1.38. The van der Waals surface area contributed by atoms with Gasteiger partial charge >= 0.3 is 0 Å². The summed E-state index contributed by atoms with van der Waals surface area (Å²) in [7, 11) is 0. The molecule has 0 rings (SSSR count). The fourth-order valence-corrected chi connectivity index (χ4v) is 1.38. The van der Waals surface area contributed by atoms with E-state index in [1.165, 1.54) is 13.0 Å². The largest absolute Gasteiger partial charge is 0.329 e. The lowest BCUT2D eigenvalue weighted by Crippen LogP contribution is -2.39. The van der Waals surface area contributed by atoms with Crippen molar-refractivity contribution in [1.29, 1.82) is 0 Å². The van der Waals surface area contributed by atoms with Crippen molar-refractivity contribution in [2.45, 2.75) is 40.2 Å². The molecule has 0 fully saturated rings. The molecule has 74 valence electrons. The van der Waals surface area contributed by atoms with Crippen molar-refractivity contribution in [2.24, 2.45) is 11.7 Å². The Morgan fingerprint density at radius 2 is 1.83 bits per heavy atom. The fraction of sp³-hybridized carbons (Fsp3) is 1.00. The Balaban J connectivity index is 3.84. The smallest absolute Gasteiger partial charge is 0.0108 e. The second-order valence-corrected chi connectivity index (χ2v) is 3.93. The lowest BCUT2D eigenvalue weighted by molar-refractivity contribution is 0.187. The van der Waals surface area contributed by atoms with Gasteiger partial charge in [0, 0.05) is 25.7 Å². The van der Waals surface area contributed by atoms with Crippen molar-refractivity contribution >= 4 is 0 Å². The highest BCUT2D eigenvalue weighted by atomic mass is 15.2. The molecule has 0 aliphatic heterocycles. The van der Waals surface area contributed by atoms with Crippen LogP contribution in [0.5, 0.6) is 0 Å². The maximum atomic E-state index is 5.56. The molecule has 0 saturated carbocycles. The molecule has 1 unspecified atom stereocenters. The molecular formula is C10H24N2. The molecule has 2 N–H and O–H groups in total. The second kappa shape index (κ2) is 6.44. The van der Waals surface area contributed by atoms with Crippen molar-refractivity contribution < 1.29 is 0 Å². The molecule has 12 heavy (non-hydrogen) atoms. The molecule has 1 atom stereocenters. The summed E-state index contributed by atoms with van der Waals surface area (Å²) in [5.41, 5.74) is 5.56. The van der Waals surface area contributed by atoms with Gasteiger partial charge in [-0.15, -0.1) is 0 Å². The van der Waals surface area contributed by atoms with Crippen molar-refractivity contribution in [1.82, 2.24) is 4.90 Å². The molecule has 0 amide bonds. The normalized spacial score (nSPS) is 14.2. The van der Waals surface area contributed by atoms with Crippen molar-refractivity contribution in [2.75, 3.05) is 19.6 Å². The highest BCUT2D eigenvalue weighted by molar-refractivity contribution is 4.67. The van der Waals surface area contributed by atoms with E-state index in [0.29, 0.717) is 6.04 Å². The first kappa shape index (κ1) is 11.9. The van der Waals surface area contributed by atoms with Gasteiger partial charge in [0.25, 0.3) is 0 Å². The van der Waals surface area contributed by atoms with Crippen LogP contribution in [0.3, 0.4) is 0 Å². The third-order valence-electron chi connectivity index (χ3n) is 2.23. The average molecular weight is 172 g/mol. The Morgan fingerprint density at radius 3 is 2.17 bits per heavy atom. The van der Waals surface area contributed by atoms with Gasteiger partial charge in [0.2, 0.25) is 0 Å². The number of hydrogen-bond acceptors (Lipinski definition) is 2. The van der Waals surface area contributed by atoms with Gasteiger partial charge in [0.15, 0.2) is 0 Å². The van der Waals surface area contributed by atoms with Gasteiger partial charge in [-0.3, -0.25) is 4.90 Å². The summed E-state index contributed by atoms with van der Waals surface area (Å²) >= 11 is 0. The Kier molecular flexibility index (Phi) is 6.39. The molecule has 0 radical (unpaired) electrons. The maximum Gasteiger partial charge on any atom is 0.0108 e. The first-order chi connectivity index (χ1) is 5.61. The summed E-state index contributed by atoms with van der Waals surface area (Å²) in [5, 5.41) is 0. The number of nitrogens with zero attached hydrogens (tertiary/aromatic N) is 1. The maximum absolute atomic E-state index is 5.56. The summed E-state index contributed by atoms with van der Waals surface area (Å²) in [4.78, 5) is 2.48. The van der Waals surface area contributed by atoms with E-state index in [1.54, 1.807) is 0 Å². The van der Waals surface area contributed by atoms with E-state index < -0.39 is 0 Å². The SMILES string of the molecule is CCC(C)N(CCN)CC(C)C. The second-order valence-electron chi connectivity index (χ2n) is 3.93. The van der Waals surface area contributed by atoms with Crippen LogP contribution in [0.2, 0.25) is 0 Å². The number of nitrogens with two attached hydrogens (primary N) is 1. The van der Waals surface area contributed by atoms with Gasteiger partial charge < -0.3 is 5.73 Å². The summed E-state index contributed by atoms with van der Waals surface area (Å²) < 4.78 is 0. The van der Waals surface area contributed by atoms with Crippen LogP contribution in [0.15, 0.2) is 0 Å². The highest BCUT2D eigenvalue weighted by Crippen LogP contribution is 2.06. The summed E-state index contributed by atoms with van der Waals surface area (Å²) in [6.07, 6.45) is 1.22. The van der Waals surface area contributed by atoms with Crippen LogP contribution in [0.25, 0.3) is 0 Å². The number of rotatable bonds is 6. The quantitative estimate of drug-likeness (QED) is 0.661. The number of hydrogen-bond donors (Lipinski definition) is 1. The van der Waals surface area contributed by atoms with Gasteiger partial charge in [0.05, 0.1) is 0 Å².